The van der Waals surface area contributed by atoms with Crippen molar-refractivity contribution in [2.24, 2.45) is 0 Å². The van der Waals surface area contributed by atoms with Crippen LogP contribution in [-0.2, 0) is 23.7 Å². The third kappa shape index (κ3) is 7.37. The highest BCUT2D eigenvalue weighted by Crippen LogP contribution is 2.36. The van der Waals surface area contributed by atoms with Gasteiger partial charge in [-0.05, 0) is 36.6 Å². The molecular weight excluding hydrogens is 508 g/mol. The lowest BCUT2D eigenvalue weighted by molar-refractivity contribution is -0.143. The maximum absolute atomic E-state index is 13.2. The van der Waals surface area contributed by atoms with E-state index in [0.29, 0.717) is 12.1 Å². The molecule has 0 bridgehead atoms. The molecule has 1 heterocycles. The van der Waals surface area contributed by atoms with Crippen molar-refractivity contribution in [3.8, 4) is 0 Å². The molecule has 0 saturated carbocycles. The van der Waals surface area contributed by atoms with Gasteiger partial charge in [-0.3, -0.25) is 9.59 Å². The van der Waals surface area contributed by atoms with E-state index in [1.165, 1.54) is 4.90 Å². The van der Waals surface area contributed by atoms with Gasteiger partial charge in [0.25, 0.3) is 5.91 Å². The van der Waals surface area contributed by atoms with Crippen LogP contribution < -0.4 is 5.32 Å². The topological polar surface area (TPSA) is 89.9 Å². The van der Waals surface area contributed by atoms with E-state index in [1.807, 2.05) is 5.32 Å². The standard InChI is InChI=1S/C24H23F6N3O4/c25-23(26,27)17-10-16(11-18(12-17)24(28,29)30)21(35)32-8-6-19(7-9-32)33(20(34)13-31-22(36)37)14-15-4-2-1-3-5-15/h1-5,10-12,19,31H,6-9,13-14H2,(H,36,37). The van der Waals surface area contributed by atoms with Crippen LogP contribution in [0.4, 0.5) is 31.1 Å². The zero-order valence-corrected chi connectivity index (χ0v) is 19.3. The highest BCUT2D eigenvalue weighted by atomic mass is 19.4. The molecule has 0 aromatic heterocycles. The summed E-state index contributed by atoms with van der Waals surface area (Å²) in [6.07, 6.45) is -11.1. The normalized spacial score (nSPS) is 14.8. The summed E-state index contributed by atoms with van der Waals surface area (Å²) in [5.74, 6) is -1.49. The highest BCUT2D eigenvalue weighted by molar-refractivity contribution is 5.94. The minimum atomic E-state index is -5.08. The minimum Gasteiger partial charge on any atom is -0.465 e. The molecule has 1 aliphatic heterocycles. The fourth-order valence-electron chi connectivity index (χ4n) is 4.10. The molecule has 3 amide bonds. The number of carboxylic acid groups (broad SMARTS) is 1. The molecule has 2 aromatic carbocycles. The lowest BCUT2D eigenvalue weighted by atomic mass is 9.99. The Hall–Kier alpha value is -3.77. The maximum atomic E-state index is 13.2. The van der Waals surface area contributed by atoms with Crippen LogP contribution in [0.3, 0.4) is 0 Å². The highest BCUT2D eigenvalue weighted by Gasteiger charge is 2.38. The fourth-order valence-corrected chi connectivity index (χ4v) is 4.10. The average Bonchev–Trinajstić information content (AvgIpc) is 2.85. The van der Waals surface area contributed by atoms with E-state index in [0.717, 1.165) is 10.5 Å². The molecule has 0 aliphatic carbocycles. The van der Waals surface area contributed by atoms with Crippen LogP contribution in [0.2, 0.25) is 0 Å². The Morgan fingerprint density at radius 2 is 1.46 bits per heavy atom. The Morgan fingerprint density at radius 1 is 0.919 bits per heavy atom. The summed E-state index contributed by atoms with van der Waals surface area (Å²) in [6, 6.07) is 9.17. The molecule has 37 heavy (non-hydrogen) atoms. The van der Waals surface area contributed by atoms with Gasteiger partial charge in [0.05, 0.1) is 11.1 Å². The molecule has 0 radical (unpaired) electrons. The Bertz CT molecular complexity index is 1100. The number of benzene rings is 2. The summed E-state index contributed by atoms with van der Waals surface area (Å²) < 4.78 is 79.1. The van der Waals surface area contributed by atoms with Crippen molar-refractivity contribution < 1.29 is 45.8 Å². The molecule has 200 valence electrons. The summed E-state index contributed by atoms with van der Waals surface area (Å²) >= 11 is 0. The van der Waals surface area contributed by atoms with E-state index in [4.69, 9.17) is 5.11 Å². The largest absolute Gasteiger partial charge is 0.465 e. The van der Waals surface area contributed by atoms with Crippen molar-refractivity contribution in [1.82, 2.24) is 15.1 Å². The first-order chi connectivity index (χ1) is 17.3. The van der Waals surface area contributed by atoms with Gasteiger partial charge in [0.15, 0.2) is 0 Å². The second kappa shape index (κ2) is 11.1. The lowest BCUT2D eigenvalue weighted by Crippen LogP contribution is -2.50. The molecule has 0 unspecified atom stereocenters. The van der Waals surface area contributed by atoms with E-state index in [1.54, 1.807) is 30.3 Å². The van der Waals surface area contributed by atoms with Gasteiger partial charge in [0.2, 0.25) is 5.91 Å². The molecule has 2 N–H and O–H groups in total. The number of carbonyl (C=O) groups is 3. The lowest BCUT2D eigenvalue weighted by Gasteiger charge is -2.39. The maximum Gasteiger partial charge on any atom is 0.416 e. The zero-order chi connectivity index (χ0) is 27.4. The van der Waals surface area contributed by atoms with Crippen LogP contribution in [0.25, 0.3) is 0 Å². The van der Waals surface area contributed by atoms with E-state index in [2.05, 4.69) is 0 Å². The number of carbonyl (C=O) groups excluding carboxylic acids is 2. The summed E-state index contributed by atoms with van der Waals surface area (Å²) in [5.41, 5.74) is -3.12. The van der Waals surface area contributed by atoms with Gasteiger partial charge < -0.3 is 20.2 Å². The molecule has 1 saturated heterocycles. The summed E-state index contributed by atoms with van der Waals surface area (Å²) in [4.78, 5) is 39.1. The quantitative estimate of drug-likeness (QED) is 0.533. The first-order valence-electron chi connectivity index (χ1n) is 11.1. The molecule has 0 atom stereocenters. The van der Waals surface area contributed by atoms with Crippen LogP contribution in [0.15, 0.2) is 48.5 Å². The van der Waals surface area contributed by atoms with Gasteiger partial charge >= 0.3 is 18.4 Å². The minimum absolute atomic E-state index is 0.0218. The van der Waals surface area contributed by atoms with Crippen LogP contribution in [0.1, 0.15) is 39.9 Å². The summed E-state index contributed by atoms with van der Waals surface area (Å²) in [6.45, 7) is -0.369. The van der Waals surface area contributed by atoms with E-state index < -0.39 is 59.5 Å². The molecule has 1 fully saturated rings. The average molecular weight is 531 g/mol. The number of rotatable bonds is 6. The number of hydrogen-bond donors (Lipinski definition) is 2. The summed E-state index contributed by atoms with van der Waals surface area (Å²) in [7, 11) is 0. The van der Waals surface area contributed by atoms with Crippen LogP contribution in [-0.4, -0.2) is 58.5 Å². The molecule has 0 spiro atoms. The van der Waals surface area contributed by atoms with Crippen molar-refractivity contribution in [3.05, 3.63) is 70.8 Å². The number of hydrogen-bond acceptors (Lipinski definition) is 3. The molecule has 2 aromatic rings. The zero-order valence-electron chi connectivity index (χ0n) is 19.3. The Kier molecular flexibility index (Phi) is 8.34. The van der Waals surface area contributed by atoms with Gasteiger partial charge in [-0.2, -0.15) is 26.3 Å². The third-order valence-corrected chi connectivity index (χ3v) is 5.93. The monoisotopic (exact) mass is 531 g/mol. The number of likely N-dealkylation sites (tertiary alicyclic amines) is 1. The number of nitrogens with zero attached hydrogens (tertiary/aromatic N) is 2. The Balaban J connectivity index is 1.77. The van der Waals surface area contributed by atoms with Gasteiger partial charge in [-0.15, -0.1) is 0 Å². The number of alkyl halides is 6. The SMILES string of the molecule is O=C(O)NCC(=O)N(Cc1ccccc1)C1CCN(C(=O)c2cc(C(F)(F)F)cc(C(F)(F)F)c2)CC1. The smallest absolute Gasteiger partial charge is 0.416 e. The van der Waals surface area contributed by atoms with Gasteiger partial charge in [-0.25, -0.2) is 4.79 Å². The molecule has 1 aliphatic rings. The number of piperidine rings is 1. The van der Waals surface area contributed by atoms with Crippen LogP contribution in [0.5, 0.6) is 0 Å². The Morgan fingerprint density at radius 3 is 1.95 bits per heavy atom. The van der Waals surface area contributed by atoms with Gasteiger partial charge in [0, 0.05) is 31.2 Å². The van der Waals surface area contributed by atoms with Crippen LogP contribution >= 0.6 is 0 Å². The number of amides is 3. The molecule has 7 nitrogen and oxygen atoms in total. The van der Waals surface area contributed by atoms with Gasteiger partial charge in [0.1, 0.15) is 6.54 Å². The Labute approximate surface area is 207 Å². The molecular formula is C24H23F6N3O4. The van der Waals surface area contributed by atoms with Crippen molar-refractivity contribution in [1.29, 1.82) is 0 Å². The predicted octanol–water partition coefficient (Wildman–Crippen LogP) is 4.63. The summed E-state index contributed by atoms with van der Waals surface area (Å²) in [5, 5.41) is 10.8. The van der Waals surface area contributed by atoms with E-state index >= 15 is 0 Å². The van der Waals surface area contributed by atoms with Crippen molar-refractivity contribution in [2.45, 2.75) is 37.8 Å². The van der Waals surface area contributed by atoms with Crippen LogP contribution in [0, 0.1) is 0 Å². The fraction of sp³-hybridized carbons (Fsp3) is 0.375. The second-order valence-electron chi connectivity index (χ2n) is 8.48. The van der Waals surface area contributed by atoms with Crippen molar-refractivity contribution in [2.75, 3.05) is 19.6 Å². The first kappa shape index (κ1) is 27.8. The second-order valence-corrected chi connectivity index (χ2v) is 8.48. The van der Waals surface area contributed by atoms with E-state index in [-0.39, 0.29) is 38.5 Å². The third-order valence-electron chi connectivity index (χ3n) is 5.93. The molecule has 3 rings (SSSR count). The molecule has 13 heteroatoms. The van der Waals surface area contributed by atoms with Crippen molar-refractivity contribution >= 4 is 17.9 Å². The number of nitrogens with one attached hydrogen (secondary N) is 1. The number of halogens is 6. The van der Waals surface area contributed by atoms with Gasteiger partial charge in [-0.1, -0.05) is 30.3 Å². The van der Waals surface area contributed by atoms with E-state index in [9.17, 15) is 40.7 Å². The first-order valence-corrected chi connectivity index (χ1v) is 11.1. The van der Waals surface area contributed by atoms with Crippen molar-refractivity contribution in [3.63, 3.8) is 0 Å². The predicted molar refractivity (Wildman–Crippen MR) is 118 cm³/mol.